The lowest BCUT2D eigenvalue weighted by molar-refractivity contribution is -0.132. The highest BCUT2D eigenvalue weighted by molar-refractivity contribution is 5.94. The van der Waals surface area contributed by atoms with Crippen LogP contribution >= 0.6 is 0 Å². The number of nitrogens with zero attached hydrogens (tertiary/aromatic N) is 1. The van der Waals surface area contributed by atoms with Crippen LogP contribution in [0.3, 0.4) is 0 Å². The van der Waals surface area contributed by atoms with Crippen LogP contribution in [0.15, 0.2) is 24.3 Å². The molecule has 7 heteroatoms. The second kappa shape index (κ2) is 9.24. The van der Waals surface area contributed by atoms with E-state index in [4.69, 9.17) is 9.47 Å². The second-order valence-electron chi connectivity index (χ2n) is 5.50. The number of hydrogen-bond donors (Lipinski definition) is 2. The van der Waals surface area contributed by atoms with Gasteiger partial charge in [0.15, 0.2) is 0 Å². The fourth-order valence-corrected chi connectivity index (χ4v) is 2.60. The molecule has 1 aromatic rings. The van der Waals surface area contributed by atoms with Gasteiger partial charge in [-0.3, -0.25) is 14.5 Å². The standard InChI is InChI=1S/C17H25N3O4/c1-3-20-9-10-24-12-15(20)17(22)19-8-7-18-16(21)13-5-4-6-14(11-13)23-2/h4-6,11,15H,3,7-10,12H2,1-2H3,(H,18,21)(H,19,22). The summed E-state index contributed by atoms with van der Waals surface area (Å²) in [6.07, 6.45) is 0. The van der Waals surface area contributed by atoms with E-state index in [1.165, 1.54) is 0 Å². The number of morpholine rings is 1. The average molecular weight is 335 g/mol. The van der Waals surface area contributed by atoms with Gasteiger partial charge >= 0.3 is 0 Å². The highest BCUT2D eigenvalue weighted by Crippen LogP contribution is 2.12. The fourth-order valence-electron chi connectivity index (χ4n) is 2.60. The van der Waals surface area contributed by atoms with E-state index in [2.05, 4.69) is 15.5 Å². The quantitative estimate of drug-likeness (QED) is 0.699. The molecule has 7 nitrogen and oxygen atoms in total. The molecular weight excluding hydrogens is 310 g/mol. The first-order valence-electron chi connectivity index (χ1n) is 8.17. The summed E-state index contributed by atoms with van der Waals surface area (Å²) >= 11 is 0. The first-order chi connectivity index (χ1) is 11.7. The lowest BCUT2D eigenvalue weighted by atomic mass is 10.2. The summed E-state index contributed by atoms with van der Waals surface area (Å²) in [5.74, 6) is 0.374. The Labute approximate surface area is 142 Å². The molecule has 1 aliphatic rings. The van der Waals surface area contributed by atoms with E-state index >= 15 is 0 Å². The molecule has 1 saturated heterocycles. The van der Waals surface area contributed by atoms with Crippen molar-refractivity contribution in [2.45, 2.75) is 13.0 Å². The van der Waals surface area contributed by atoms with Gasteiger partial charge in [0.05, 0.1) is 20.3 Å². The van der Waals surface area contributed by atoms with Crippen LogP contribution in [0.5, 0.6) is 5.75 Å². The summed E-state index contributed by atoms with van der Waals surface area (Å²) in [5.41, 5.74) is 0.526. The molecule has 24 heavy (non-hydrogen) atoms. The SMILES string of the molecule is CCN1CCOCC1C(=O)NCCNC(=O)c1cccc(OC)c1. The van der Waals surface area contributed by atoms with Gasteiger partial charge in [-0.2, -0.15) is 0 Å². The van der Waals surface area contributed by atoms with Crippen molar-refractivity contribution < 1.29 is 19.1 Å². The molecule has 1 atom stereocenters. The summed E-state index contributed by atoms with van der Waals surface area (Å²) in [7, 11) is 1.56. The third-order valence-corrected chi connectivity index (χ3v) is 3.99. The van der Waals surface area contributed by atoms with Crippen LogP contribution in [-0.2, 0) is 9.53 Å². The Morgan fingerprint density at radius 1 is 1.33 bits per heavy atom. The Kier molecular flexibility index (Phi) is 7.02. The number of hydrogen-bond acceptors (Lipinski definition) is 5. The third-order valence-electron chi connectivity index (χ3n) is 3.99. The van der Waals surface area contributed by atoms with Gasteiger partial charge in [0.2, 0.25) is 5.91 Å². The Balaban J connectivity index is 1.73. The van der Waals surface area contributed by atoms with Gasteiger partial charge < -0.3 is 20.1 Å². The van der Waals surface area contributed by atoms with Crippen molar-refractivity contribution in [3.8, 4) is 5.75 Å². The molecule has 2 N–H and O–H groups in total. The van der Waals surface area contributed by atoms with Gasteiger partial charge in [0.1, 0.15) is 11.8 Å². The van der Waals surface area contributed by atoms with Crippen molar-refractivity contribution in [2.24, 2.45) is 0 Å². The zero-order valence-corrected chi connectivity index (χ0v) is 14.2. The topological polar surface area (TPSA) is 79.9 Å². The lowest BCUT2D eigenvalue weighted by Crippen LogP contribution is -2.54. The maximum atomic E-state index is 12.2. The molecule has 0 aromatic heterocycles. The van der Waals surface area contributed by atoms with Crippen molar-refractivity contribution in [2.75, 3.05) is 46.5 Å². The minimum Gasteiger partial charge on any atom is -0.497 e. The molecule has 0 spiro atoms. The zero-order valence-electron chi connectivity index (χ0n) is 14.2. The third kappa shape index (κ3) is 4.94. The van der Waals surface area contributed by atoms with Gasteiger partial charge in [0.25, 0.3) is 5.91 Å². The van der Waals surface area contributed by atoms with Crippen molar-refractivity contribution in [3.05, 3.63) is 29.8 Å². The van der Waals surface area contributed by atoms with E-state index in [9.17, 15) is 9.59 Å². The number of benzene rings is 1. The summed E-state index contributed by atoms with van der Waals surface area (Å²) in [4.78, 5) is 26.3. The van der Waals surface area contributed by atoms with Crippen LogP contribution in [0.25, 0.3) is 0 Å². The number of likely N-dealkylation sites (N-methyl/N-ethyl adjacent to an activating group) is 1. The minimum atomic E-state index is -0.252. The predicted molar refractivity (Wildman–Crippen MR) is 90.2 cm³/mol. The molecule has 1 fully saturated rings. The molecule has 2 amide bonds. The number of carbonyl (C=O) groups excluding carboxylic acids is 2. The highest BCUT2D eigenvalue weighted by atomic mass is 16.5. The smallest absolute Gasteiger partial charge is 0.251 e. The number of carbonyl (C=O) groups is 2. The Hall–Kier alpha value is -2.12. The summed E-state index contributed by atoms with van der Waals surface area (Å²) < 4.78 is 10.5. The maximum absolute atomic E-state index is 12.2. The molecule has 2 rings (SSSR count). The van der Waals surface area contributed by atoms with E-state index in [0.29, 0.717) is 37.6 Å². The van der Waals surface area contributed by atoms with E-state index in [0.717, 1.165) is 13.1 Å². The number of nitrogens with one attached hydrogen (secondary N) is 2. The van der Waals surface area contributed by atoms with Crippen LogP contribution < -0.4 is 15.4 Å². The Morgan fingerprint density at radius 2 is 2.12 bits per heavy atom. The number of ether oxygens (including phenoxy) is 2. The number of methoxy groups -OCH3 is 1. The molecule has 1 unspecified atom stereocenters. The largest absolute Gasteiger partial charge is 0.497 e. The van der Waals surface area contributed by atoms with Crippen LogP contribution in [0.1, 0.15) is 17.3 Å². The van der Waals surface area contributed by atoms with Crippen LogP contribution in [0, 0.1) is 0 Å². The van der Waals surface area contributed by atoms with Gasteiger partial charge in [-0.15, -0.1) is 0 Å². The summed E-state index contributed by atoms with van der Waals surface area (Å²) in [6.45, 7) is 5.42. The zero-order chi connectivity index (χ0) is 17.4. The molecule has 1 heterocycles. The predicted octanol–water partition coefficient (Wildman–Crippen LogP) is 0.262. The fraction of sp³-hybridized carbons (Fsp3) is 0.529. The second-order valence-corrected chi connectivity index (χ2v) is 5.50. The number of amides is 2. The van der Waals surface area contributed by atoms with Crippen LogP contribution in [0.2, 0.25) is 0 Å². The van der Waals surface area contributed by atoms with Crippen molar-refractivity contribution in [3.63, 3.8) is 0 Å². The van der Waals surface area contributed by atoms with Gasteiger partial charge in [0, 0.05) is 25.2 Å². The first-order valence-corrected chi connectivity index (χ1v) is 8.17. The van der Waals surface area contributed by atoms with E-state index in [1.807, 2.05) is 6.92 Å². The van der Waals surface area contributed by atoms with Gasteiger partial charge in [-0.25, -0.2) is 0 Å². The van der Waals surface area contributed by atoms with Crippen molar-refractivity contribution >= 4 is 11.8 Å². The molecule has 1 aliphatic heterocycles. The van der Waals surface area contributed by atoms with Crippen molar-refractivity contribution in [1.29, 1.82) is 0 Å². The van der Waals surface area contributed by atoms with Gasteiger partial charge in [-0.05, 0) is 24.7 Å². The molecule has 0 bridgehead atoms. The molecule has 0 aliphatic carbocycles. The molecule has 1 aromatic carbocycles. The molecule has 132 valence electrons. The lowest BCUT2D eigenvalue weighted by Gasteiger charge is -2.33. The normalized spacial score (nSPS) is 18.0. The minimum absolute atomic E-state index is 0.0628. The van der Waals surface area contributed by atoms with Crippen molar-refractivity contribution in [1.82, 2.24) is 15.5 Å². The van der Waals surface area contributed by atoms with Gasteiger partial charge in [-0.1, -0.05) is 13.0 Å². The highest BCUT2D eigenvalue weighted by Gasteiger charge is 2.27. The summed E-state index contributed by atoms with van der Waals surface area (Å²) in [6, 6.07) is 6.68. The van der Waals surface area contributed by atoms with E-state index in [-0.39, 0.29) is 17.9 Å². The van der Waals surface area contributed by atoms with Crippen LogP contribution in [-0.4, -0.2) is 69.3 Å². The molecule has 0 radical (unpaired) electrons. The maximum Gasteiger partial charge on any atom is 0.251 e. The van der Waals surface area contributed by atoms with E-state index < -0.39 is 0 Å². The Morgan fingerprint density at radius 3 is 2.88 bits per heavy atom. The molecular formula is C17H25N3O4. The average Bonchev–Trinajstić information content (AvgIpc) is 2.64. The summed E-state index contributed by atoms with van der Waals surface area (Å²) in [5, 5.41) is 5.63. The van der Waals surface area contributed by atoms with Crippen LogP contribution in [0.4, 0.5) is 0 Å². The first kappa shape index (κ1) is 18.2. The van der Waals surface area contributed by atoms with E-state index in [1.54, 1.807) is 31.4 Å². The monoisotopic (exact) mass is 335 g/mol. The number of rotatable bonds is 7. The Bertz CT molecular complexity index is 565. The molecule has 0 saturated carbocycles.